The molecule has 0 saturated carbocycles. The van der Waals surface area contributed by atoms with Crippen molar-refractivity contribution in [1.29, 1.82) is 0 Å². The predicted octanol–water partition coefficient (Wildman–Crippen LogP) is 4.40. The second-order valence-electron chi connectivity index (χ2n) is 6.17. The Balaban J connectivity index is 1.38. The number of hydrogen-bond acceptors (Lipinski definition) is 5. The van der Waals surface area contributed by atoms with Crippen LogP contribution in [0.3, 0.4) is 0 Å². The van der Waals surface area contributed by atoms with Gasteiger partial charge in [0.15, 0.2) is 10.8 Å². The Labute approximate surface area is 166 Å². The lowest BCUT2D eigenvalue weighted by molar-refractivity contribution is -0.115. The molecule has 0 saturated heterocycles. The van der Waals surface area contributed by atoms with Gasteiger partial charge in [-0.2, -0.15) is 0 Å². The van der Waals surface area contributed by atoms with Gasteiger partial charge >= 0.3 is 0 Å². The minimum absolute atomic E-state index is 0.0321. The fourth-order valence-electron chi connectivity index (χ4n) is 2.97. The van der Waals surface area contributed by atoms with Crippen LogP contribution >= 0.6 is 11.8 Å². The van der Waals surface area contributed by atoms with Crippen LogP contribution in [-0.4, -0.2) is 32.9 Å². The molecule has 0 aliphatic heterocycles. The predicted molar refractivity (Wildman–Crippen MR) is 112 cm³/mol. The van der Waals surface area contributed by atoms with Crippen molar-refractivity contribution in [3.63, 3.8) is 0 Å². The van der Waals surface area contributed by atoms with Crippen LogP contribution in [-0.2, 0) is 4.79 Å². The highest BCUT2D eigenvalue weighted by Gasteiger charge is 2.10. The Hall–Kier alpha value is -3.06. The van der Waals surface area contributed by atoms with Crippen molar-refractivity contribution in [2.24, 2.45) is 0 Å². The van der Waals surface area contributed by atoms with Crippen molar-refractivity contribution in [1.82, 2.24) is 14.6 Å². The van der Waals surface area contributed by atoms with Gasteiger partial charge in [-0.25, -0.2) is 0 Å². The number of para-hydroxylation sites is 1. The Morgan fingerprint density at radius 3 is 2.71 bits per heavy atom. The molecule has 0 unspecified atom stereocenters. The smallest absolute Gasteiger partial charge is 0.225 e. The molecule has 6 nitrogen and oxygen atoms in total. The van der Waals surface area contributed by atoms with E-state index >= 15 is 0 Å². The summed E-state index contributed by atoms with van der Waals surface area (Å²) in [5.74, 6) is 1.38. The second kappa shape index (κ2) is 8.31. The quantitative estimate of drug-likeness (QED) is 0.472. The zero-order valence-corrected chi connectivity index (χ0v) is 16.3. The molecule has 0 bridgehead atoms. The van der Waals surface area contributed by atoms with Gasteiger partial charge in [-0.15, -0.1) is 10.2 Å². The summed E-state index contributed by atoms with van der Waals surface area (Å²) >= 11 is 1.53. The molecule has 0 fully saturated rings. The van der Waals surface area contributed by atoms with E-state index in [9.17, 15) is 4.79 Å². The number of rotatable bonds is 7. The summed E-state index contributed by atoms with van der Waals surface area (Å²) in [6, 6.07) is 19.5. The molecule has 0 atom stereocenters. The lowest BCUT2D eigenvalue weighted by Crippen LogP contribution is -2.12. The first-order valence-electron chi connectivity index (χ1n) is 9.13. The van der Waals surface area contributed by atoms with E-state index in [-0.39, 0.29) is 5.91 Å². The zero-order chi connectivity index (χ0) is 19.3. The van der Waals surface area contributed by atoms with Crippen LogP contribution in [0.15, 0.2) is 65.8 Å². The number of amides is 1. The summed E-state index contributed by atoms with van der Waals surface area (Å²) in [5.41, 5.74) is 2.63. The Kier molecular flexibility index (Phi) is 5.43. The fraction of sp³-hybridized carbons (Fsp3) is 0.190. The molecule has 142 valence electrons. The average Bonchev–Trinajstić information content (AvgIpc) is 3.13. The molecule has 7 heteroatoms. The first-order valence-corrected chi connectivity index (χ1v) is 10.1. The highest BCUT2D eigenvalue weighted by molar-refractivity contribution is 7.99. The molecule has 0 aliphatic carbocycles. The number of nitrogens with zero attached hydrogens (tertiary/aromatic N) is 3. The number of hydrogen-bond donors (Lipinski definition) is 1. The van der Waals surface area contributed by atoms with Crippen LogP contribution in [0.2, 0.25) is 0 Å². The van der Waals surface area contributed by atoms with Crippen molar-refractivity contribution in [2.75, 3.05) is 17.7 Å². The highest BCUT2D eigenvalue weighted by atomic mass is 32.2. The summed E-state index contributed by atoms with van der Waals surface area (Å²) < 4.78 is 7.44. The van der Waals surface area contributed by atoms with Gasteiger partial charge in [-0.05, 0) is 54.8 Å². The van der Waals surface area contributed by atoms with Crippen molar-refractivity contribution in [3.05, 3.63) is 60.7 Å². The average molecular weight is 392 g/mol. The van der Waals surface area contributed by atoms with Gasteiger partial charge in [0.05, 0.1) is 12.1 Å². The maximum Gasteiger partial charge on any atom is 0.225 e. The molecule has 0 aliphatic rings. The van der Waals surface area contributed by atoms with Gasteiger partial charge in [0, 0.05) is 17.9 Å². The zero-order valence-electron chi connectivity index (χ0n) is 15.5. The molecule has 4 rings (SSSR count). The SMILES string of the molecule is CCOc1ccc(NC(=O)CCSc2nnc3ccc4ccccc4n23)cc1. The third-order valence-electron chi connectivity index (χ3n) is 4.26. The number of thioether (sulfide) groups is 1. The number of fused-ring (bicyclic) bond motifs is 3. The Bertz CT molecular complexity index is 1110. The topological polar surface area (TPSA) is 68.5 Å². The first-order chi connectivity index (χ1) is 13.7. The maximum absolute atomic E-state index is 12.2. The summed E-state index contributed by atoms with van der Waals surface area (Å²) in [7, 11) is 0. The molecular formula is C21H20N4O2S. The first kappa shape index (κ1) is 18.3. The van der Waals surface area contributed by atoms with E-state index in [0.29, 0.717) is 18.8 Å². The second-order valence-corrected chi connectivity index (χ2v) is 7.23. The van der Waals surface area contributed by atoms with Gasteiger partial charge in [-0.3, -0.25) is 9.20 Å². The number of carbonyl (C=O) groups excluding carboxylic acids is 1. The van der Waals surface area contributed by atoms with E-state index in [4.69, 9.17) is 4.74 Å². The molecule has 1 N–H and O–H groups in total. The van der Waals surface area contributed by atoms with E-state index < -0.39 is 0 Å². The van der Waals surface area contributed by atoms with Crippen molar-refractivity contribution < 1.29 is 9.53 Å². The monoisotopic (exact) mass is 392 g/mol. The van der Waals surface area contributed by atoms with Crippen LogP contribution in [0, 0.1) is 0 Å². The molecule has 1 amide bonds. The third-order valence-corrected chi connectivity index (χ3v) is 5.19. The van der Waals surface area contributed by atoms with E-state index in [2.05, 4.69) is 21.6 Å². The van der Waals surface area contributed by atoms with Gasteiger partial charge in [0.25, 0.3) is 0 Å². The van der Waals surface area contributed by atoms with Crippen LogP contribution in [0.1, 0.15) is 13.3 Å². The number of benzene rings is 2. The Morgan fingerprint density at radius 1 is 1.07 bits per heavy atom. The van der Waals surface area contributed by atoms with Crippen LogP contribution in [0.4, 0.5) is 5.69 Å². The number of nitrogens with one attached hydrogen (secondary N) is 1. The molecule has 2 aromatic heterocycles. The van der Waals surface area contributed by atoms with Crippen molar-refractivity contribution in [2.45, 2.75) is 18.5 Å². The summed E-state index contributed by atoms with van der Waals surface area (Å²) in [6.07, 6.45) is 0.386. The van der Waals surface area contributed by atoms with Crippen LogP contribution < -0.4 is 10.1 Å². The highest BCUT2D eigenvalue weighted by Crippen LogP contribution is 2.23. The van der Waals surface area contributed by atoms with Crippen LogP contribution in [0.25, 0.3) is 16.6 Å². The maximum atomic E-state index is 12.2. The summed E-state index contributed by atoms with van der Waals surface area (Å²) in [4.78, 5) is 12.2. The van der Waals surface area contributed by atoms with Crippen molar-refractivity contribution >= 4 is 39.9 Å². The third kappa shape index (κ3) is 3.94. The van der Waals surface area contributed by atoms with Gasteiger partial charge in [0.1, 0.15) is 5.75 Å². The lowest BCUT2D eigenvalue weighted by atomic mass is 10.2. The number of aromatic nitrogens is 3. The van der Waals surface area contributed by atoms with Gasteiger partial charge in [-0.1, -0.05) is 30.0 Å². The van der Waals surface area contributed by atoms with E-state index in [1.54, 1.807) is 0 Å². The summed E-state index contributed by atoms with van der Waals surface area (Å²) in [5, 5.41) is 13.4. The molecule has 4 aromatic rings. The van der Waals surface area contributed by atoms with Crippen molar-refractivity contribution in [3.8, 4) is 5.75 Å². The largest absolute Gasteiger partial charge is 0.494 e. The summed E-state index contributed by atoms with van der Waals surface area (Å²) in [6.45, 7) is 2.56. The minimum Gasteiger partial charge on any atom is -0.494 e. The standard InChI is InChI=1S/C21H20N4O2S/c1-2-27-17-10-8-16(9-11-17)22-20(26)13-14-28-21-24-23-19-12-7-15-5-3-4-6-18(15)25(19)21/h3-12H,2,13-14H2,1H3,(H,22,26). The normalized spacial score (nSPS) is 11.0. The molecule has 0 spiro atoms. The molecule has 28 heavy (non-hydrogen) atoms. The minimum atomic E-state index is -0.0321. The number of carbonyl (C=O) groups is 1. The lowest BCUT2D eigenvalue weighted by Gasteiger charge is -2.07. The van der Waals surface area contributed by atoms with Crippen LogP contribution in [0.5, 0.6) is 5.75 Å². The fourth-order valence-corrected chi connectivity index (χ4v) is 3.85. The van der Waals surface area contributed by atoms with E-state index in [1.165, 1.54) is 11.8 Å². The van der Waals surface area contributed by atoms with E-state index in [0.717, 1.165) is 33.1 Å². The Morgan fingerprint density at radius 2 is 1.89 bits per heavy atom. The van der Waals surface area contributed by atoms with E-state index in [1.807, 2.05) is 65.9 Å². The number of anilines is 1. The molecule has 0 radical (unpaired) electrons. The van der Waals surface area contributed by atoms with Gasteiger partial charge < -0.3 is 10.1 Å². The van der Waals surface area contributed by atoms with Gasteiger partial charge in [0.2, 0.25) is 5.91 Å². The number of ether oxygens (including phenoxy) is 1. The number of pyridine rings is 1. The molecular weight excluding hydrogens is 372 g/mol. The molecule has 2 heterocycles. The molecule has 2 aromatic carbocycles.